The van der Waals surface area contributed by atoms with Crippen LogP contribution in [0, 0.1) is 0 Å². The molecule has 4 unspecified atom stereocenters. The van der Waals surface area contributed by atoms with Crippen LogP contribution in [0.5, 0.6) is 0 Å². The smallest absolute Gasteiger partial charge is 0.326 e. The van der Waals surface area contributed by atoms with Crippen molar-refractivity contribution in [3.05, 3.63) is 0 Å². The van der Waals surface area contributed by atoms with Crippen LogP contribution in [0.25, 0.3) is 0 Å². The summed E-state index contributed by atoms with van der Waals surface area (Å²) in [7, 11) is 0. The van der Waals surface area contributed by atoms with Gasteiger partial charge < -0.3 is 37.6 Å². The molecule has 194 valence electrons. The normalized spacial score (nSPS) is 14.2. The van der Waals surface area contributed by atoms with Crippen molar-refractivity contribution in [3.8, 4) is 0 Å². The number of hydrogen-bond donors (Lipinski definition) is 7. The number of nitrogens with two attached hydrogens (primary N) is 2. The molecule has 0 aromatic rings. The lowest BCUT2D eigenvalue weighted by molar-refractivity contribution is -0.143. The number of carboxylic acids is 2. The lowest BCUT2D eigenvalue weighted by Gasteiger charge is -2.24. The van der Waals surface area contributed by atoms with Crippen LogP contribution < -0.4 is 27.4 Å². The monoisotopic (exact) mass is 523 g/mol. The molecule has 0 rings (SSSR count). The lowest BCUT2D eigenvalue weighted by atomic mass is 10.1. The number of amides is 4. The number of carbonyl (C=O) groups is 6. The average Bonchev–Trinajstić information content (AvgIpc) is 2.75. The molecule has 0 fully saturated rings. The van der Waals surface area contributed by atoms with Gasteiger partial charge in [-0.1, -0.05) is 0 Å². The third-order valence-electron chi connectivity index (χ3n) is 4.52. The Morgan fingerprint density at radius 1 is 0.765 bits per heavy atom. The molecule has 0 aliphatic carbocycles. The molecular formula is C19H33N5O8S2. The number of rotatable bonds is 18. The molecule has 0 aromatic carbocycles. The summed E-state index contributed by atoms with van der Waals surface area (Å²) >= 11 is 2.91. The maximum Gasteiger partial charge on any atom is 0.326 e. The van der Waals surface area contributed by atoms with Gasteiger partial charge in [-0.15, -0.1) is 0 Å². The highest BCUT2D eigenvalue weighted by Crippen LogP contribution is 2.06. The number of primary amides is 1. The van der Waals surface area contributed by atoms with Gasteiger partial charge in [0.05, 0.1) is 12.5 Å². The van der Waals surface area contributed by atoms with E-state index in [9.17, 15) is 33.9 Å². The number of carbonyl (C=O) groups excluding carboxylic acids is 4. The van der Waals surface area contributed by atoms with Gasteiger partial charge in [0.15, 0.2) is 0 Å². The summed E-state index contributed by atoms with van der Waals surface area (Å²) in [6.45, 7) is 0. The van der Waals surface area contributed by atoms with Crippen LogP contribution in [0.15, 0.2) is 0 Å². The van der Waals surface area contributed by atoms with E-state index in [-0.39, 0.29) is 19.3 Å². The minimum Gasteiger partial charge on any atom is -0.481 e. The molecule has 0 aliphatic rings. The zero-order valence-electron chi connectivity index (χ0n) is 19.1. The Balaban J connectivity index is 5.44. The Kier molecular flexibility index (Phi) is 15.7. The van der Waals surface area contributed by atoms with Crippen molar-refractivity contribution in [2.24, 2.45) is 11.5 Å². The second-order valence-electron chi connectivity index (χ2n) is 7.29. The fraction of sp³-hybridized carbons (Fsp3) is 0.684. The summed E-state index contributed by atoms with van der Waals surface area (Å²) in [6, 6.07) is -5.08. The largest absolute Gasteiger partial charge is 0.481 e. The zero-order valence-corrected chi connectivity index (χ0v) is 20.7. The Hall–Kier alpha value is -2.52. The number of nitrogens with one attached hydrogen (secondary N) is 3. The molecule has 0 spiro atoms. The van der Waals surface area contributed by atoms with Crippen molar-refractivity contribution in [1.82, 2.24) is 16.0 Å². The van der Waals surface area contributed by atoms with Crippen LogP contribution in [0.3, 0.4) is 0 Å². The second kappa shape index (κ2) is 17.0. The fourth-order valence-electron chi connectivity index (χ4n) is 2.63. The fourth-order valence-corrected chi connectivity index (χ4v) is 3.59. The first-order chi connectivity index (χ1) is 15.9. The number of hydrogen-bond acceptors (Lipinski definition) is 9. The summed E-state index contributed by atoms with van der Waals surface area (Å²) in [6.07, 6.45) is 2.74. The van der Waals surface area contributed by atoms with E-state index in [2.05, 4.69) is 16.0 Å². The Morgan fingerprint density at radius 3 is 1.76 bits per heavy atom. The van der Waals surface area contributed by atoms with Crippen molar-refractivity contribution >= 4 is 59.1 Å². The van der Waals surface area contributed by atoms with E-state index in [1.807, 2.05) is 6.26 Å². The van der Waals surface area contributed by atoms with Crippen LogP contribution in [0.4, 0.5) is 0 Å². The highest BCUT2D eigenvalue weighted by Gasteiger charge is 2.31. The Bertz CT molecular complexity index is 739. The molecule has 4 atom stereocenters. The molecule has 4 amide bonds. The molecule has 0 bridgehead atoms. The maximum absolute atomic E-state index is 12.8. The Morgan fingerprint density at radius 2 is 1.26 bits per heavy atom. The quantitative estimate of drug-likeness (QED) is 0.105. The van der Waals surface area contributed by atoms with Crippen LogP contribution in [-0.4, -0.2) is 94.0 Å². The number of aliphatic carboxylic acids is 2. The summed E-state index contributed by atoms with van der Waals surface area (Å²) in [5, 5.41) is 25.3. The predicted molar refractivity (Wildman–Crippen MR) is 128 cm³/mol. The van der Waals surface area contributed by atoms with Crippen molar-refractivity contribution in [3.63, 3.8) is 0 Å². The van der Waals surface area contributed by atoms with E-state index in [0.29, 0.717) is 17.9 Å². The van der Waals surface area contributed by atoms with E-state index in [1.54, 1.807) is 6.26 Å². The van der Waals surface area contributed by atoms with Gasteiger partial charge in [-0.05, 0) is 43.3 Å². The van der Waals surface area contributed by atoms with Crippen molar-refractivity contribution in [2.45, 2.75) is 56.3 Å². The average molecular weight is 524 g/mol. The third-order valence-corrected chi connectivity index (χ3v) is 5.81. The van der Waals surface area contributed by atoms with E-state index in [0.717, 1.165) is 0 Å². The van der Waals surface area contributed by atoms with Crippen molar-refractivity contribution < 1.29 is 39.0 Å². The SMILES string of the molecule is CSCCC(N)C(=O)NC(CCSC)C(=O)NC(CC(=O)O)C(=O)NC(CCC(N)=O)C(=O)O. The molecule has 0 aliphatic heterocycles. The summed E-state index contributed by atoms with van der Waals surface area (Å²) < 4.78 is 0. The first kappa shape index (κ1) is 31.5. The topological polar surface area (TPSA) is 231 Å². The van der Waals surface area contributed by atoms with E-state index < -0.39 is 66.2 Å². The molecule has 0 heterocycles. The number of thioether (sulfide) groups is 2. The minimum atomic E-state index is -1.63. The zero-order chi connectivity index (χ0) is 26.3. The van der Waals surface area contributed by atoms with Crippen LogP contribution >= 0.6 is 23.5 Å². The summed E-state index contributed by atoms with van der Waals surface area (Å²) in [5.74, 6) is -5.00. The highest BCUT2D eigenvalue weighted by atomic mass is 32.2. The predicted octanol–water partition coefficient (Wildman–Crippen LogP) is -1.90. The minimum absolute atomic E-state index is 0.186. The first-order valence-corrected chi connectivity index (χ1v) is 13.1. The van der Waals surface area contributed by atoms with Gasteiger partial charge in [0.1, 0.15) is 18.1 Å². The lowest BCUT2D eigenvalue weighted by Crippen LogP contribution is -2.57. The summed E-state index contributed by atoms with van der Waals surface area (Å²) in [5.41, 5.74) is 10.8. The standard InChI is InChI=1S/C19H33N5O8S2/c1-33-7-5-10(20)16(28)22-11(6-8-34-2)17(29)24-13(9-15(26)27)18(30)23-12(19(31)32)3-4-14(21)25/h10-13H,3-9,20H2,1-2H3,(H2,21,25)(H,22,28)(H,23,30)(H,24,29)(H,26,27)(H,31,32). The van der Waals surface area contributed by atoms with Gasteiger partial charge in [0.2, 0.25) is 23.6 Å². The molecule has 13 nitrogen and oxygen atoms in total. The van der Waals surface area contributed by atoms with Gasteiger partial charge >= 0.3 is 11.9 Å². The third kappa shape index (κ3) is 13.3. The van der Waals surface area contributed by atoms with Crippen molar-refractivity contribution in [1.29, 1.82) is 0 Å². The van der Waals surface area contributed by atoms with E-state index >= 15 is 0 Å². The maximum atomic E-state index is 12.8. The molecule has 0 saturated carbocycles. The second-order valence-corrected chi connectivity index (χ2v) is 9.27. The molecule has 15 heteroatoms. The molecule has 0 saturated heterocycles. The molecule has 0 aromatic heterocycles. The van der Waals surface area contributed by atoms with Gasteiger partial charge in [0.25, 0.3) is 0 Å². The molecular weight excluding hydrogens is 490 g/mol. The van der Waals surface area contributed by atoms with Crippen LogP contribution in [0.1, 0.15) is 32.1 Å². The highest BCUT2D eigenvalue weighted by molar-refractivity contribution is 7.98. The van der Waals surface area contributed by atoms with Crippen LogP contribution in [-0.2, 0) is 28.8 Å². The van der Waals surface area contributed by atoms with E-state index in [1.165, 1.54) is 23.5 Å². The summed E-state index contributed by atoms with van der Waals surface area (Å²) in [4.78, 5) is 71.3. The number of carboxylic acid groups (broad SMARTS) is 2. The van der Waals surface area contributed by atoms with Gasteiger partial charge in [0, 0.05) is 6.42 Å². The Labute approximate surface area is 205 Å². The van der Waals surface area contributed by atoms with Gasteiger partial charge in [-0.25, -0.2) is 4.79 Å². The van der Waals surface area contributed by atoms with Crippen molar-refractivity contribution in [2.75, 3.05) is 24.0 Å². The van der Waals surface area contributed by atoms with Gasteiger partial charge in [-0.3, -0.25) is 24.0 Å². The molecule has 9 N–H and O–H groups in total. The van der Waals surface area contributed by atoms with Crippen LogP contribution in [0.2, 0.25) is 0 Å². The molecule has 34 heavy (non-hydrogen) atoms. The molecule has 0 radical (unpaired) electrons. The van der Waals surface area contributed by atoms with E-state index in [4.69, 9.17) is 16.6 Å². The van der Waals surface area contributed by atoms with Gasteiger partial charge in [-0.2, -0.15) is 23.5 Å². The first-order valence-electron chi connectivity index (χ1n) is 10.3.